The third kappa shape index (κ3) is 5.48. The maximum atomic E-state index is 11.9. The normalized spacial score (nSPS) is 13.9. The number of methoxy groups -OCH3 is 1. The fraction of sp³-hybridized carbons (Fsp3) is 0.462. The van der Waals surface area contributed by atoms with Crippen molar-refractivity contribution >= 4 is 33.4 Å². The van der Waals surface area contributed by atoms with Gasteiger partial charge in [-0.1, -0.05) is 11.6 Å². The van der Waals surface area contributed by atoms with Gasteiger partial charge < -0.3 is 15.2 Å². The molecule has 0 aromatic heterocycles. The van der Waals surface area contributed by atoms with Gasteiger partial charge in [0.25, 0.3) is 5.91 Å². The number of rotatable bonds is 6. The zero-order chi connectivity index (χ0) is 14.5. The van der Waals surface area contributed by atoms with Gasteiger partial charge in [-0.05, 0) is 41.1 Å². The van der Waals surface area contributed by atoms with Crippen molar-refractivity contribution in [3.8, 4) is 0 Å². The van der Waals surface area contributed by atoms with Crippen molar-refractivity contribution in [2.45, 2.75) is 18.9 Å². The molecule has 0 bridgehead atoms. The summed E-state index contributed by atoms with van der Waals surface area (Å²) in [6, 6.07) is 4.91. The first kappa shape index (κ1) is 16.4. The summed E-state index contributed by atoms with van der Waals surface area (Å²) in [5, 5.41) is 13.2. The molecule has 0 spiro atoms. The van der Waals surface area contributed by atoms with E-state index in [1.54, 1.807) is 32.2 Å². The van der Waals surface area contributed by atoms with Crippen LogP contribution in [0.1, 0.15) is 23.7 Å². The Kier molecular flexibility index (Phi) is 6.26. The Balaban J connectivity index is 2.57. The van der Waals surface area contributed by atoms with Crippen molar-refractivity contribution in [3.05, 3.63) is 33.3 Å². The Hall–Kier alpha value is -0.620. The summed E-state index contributed by atoms with van der Waals surface area (Å²) in [5.41, 5.74) is -0.506. The lowest BCUT2D eigenvalue weighted by atomic mass is 10.0. The molecule has 1 amide bonds. The molecule has 2 N–H and O–H groups in total. The lowest BCUT2D eigenvalue weighted by Crippen LogP contribution is -2.41. The van der Waals surface area contributed by atoms with Crippen LogP contribution in [0, 0.1) is 0 Å². The first-order chi connectivity index (χ1) is 8.85. The second kappa shape index (κ2) is 7.24. The van der Waals surface area contributed by atoms with Gasteiger partial charge in [0.15, 0.2) is 0 Å². The summed E-state index contributed by atoms with van der Waals surface area (Å²) in [6.07, 6.45) is 0.452. The molecule has 1 unspecified atom stereocenters. The topological polar surface area (TPSA) is 58.6 Å². The predicted octanol–water partition coefficient (Wildman–Crippen LogP) is 2.62. The molecule has 19 heavy (non-hydrogen) atoms. The van der Waals surface area contributed by atoms with Crippen LogP contribution < -0.4 is 5.32 Å². The number of ether oxygens (including phenoxy) is 1. The van der Waals surface area contributed by atoms with E-state index >= 15 is 0 Å². The van der Waals surface area contributed by atoms with Crippen molar-refractivity contribution in [1.29, 1.82) is 0 Å². The molecule has 4 nitrogen and oxygen atoms in total. The van der Waals surface area contributed by atoms with Crippen LogP contribution in [0.4, 0.5) is 0 Å². The Morgan fingerprint density at radius 2 is 2.26 bits per heavy atom. The largest absolute Gasteiger partial charge is 0.388 e. The SMILES string of the molecule is COCCC(C)(O)CNC(=O)c1ccc(Cl)c(Br)c1. The molecule has 1 aromatic carbocycles. The average molecular weight is 351 g/mol. The number of nitrogens with one attached hydrogen (secondary N) is 1. The van der Waals surface area contributed by atoms with Gasteiger partial charge in [0, 0.05) is 36.7 Å². The molecule has 1 atom stereocenters. The molecule has 0 radical (unpaired) electrons. The average Bonchev–Trinajstić information content (AvgIpc) is 2.37. The highest BCUT2D eigenvalue weighted by Crippen LogP contribution is 2.23. The standard InChI is InChI=1S/C13H17BrClNO3/c1-13(18,5-6-19-2)8-16-12(17)9-3-4-11(15)10(14)7-9/h3-4,7,18H,5-6,8H2,1-2H3,(H,16,17). The van der Waals surface area contributed by atoms with Crippen LogP contribution in [0.15, 0.2) is 22.7 Å². The van der Waals surface area contributed by atoms with Crippen LogP contribution in [0.3, 0.4) is 0 Å². The number of aliphatic hydroxyl groups is 1. The molecule has 0 aliphatic rings. The van der Waals surface area contributed by atoms with Gasteiger partial charge in [-0.2, -0.15) is 0 Å². The van der Waals surface area contributed by atoms with Gasteiger partial charge in [-0.15, -0.1) is 0 Å². The van der Waals surface area contributed by atoms with Crippen LogP contribution in [0.25, 0.3) is 0 Å². The highest BCUT2D eigenvalue weighted by molar-refractivity contribution is 9.10. The Labute approximate surface area is 126 Å². The minimum Gasteiger partial charge on any atom is -0.388 e. The minimum atomic E-state index is -0.991. The van der Waals surface area contributed by atoms with Crippen molar-refractivity contribution in [3.63, 3.8) is 0 Å². The number of carbonyl (C=O) groups excluding carboxylic acids is 1. The molecular weight excluding hydrogens is 334 g/mol. The summed E-state index contributed by atoms with van der Waals surface area (Å²) in [7, 11) is 1.57. The van der Waals surface area contributed by atoms with E-state index in [0.29, 0.717) is 28.1 Å². The lowest BCUT2D eigenvalue weighted by molar-refractivity contribution is 0.0243. The van der Waals surface area contributed by atoms with Crippen molar-refractivity contribution < 1.29 is 14.6 Å². The van der Waals surface area contributed by atoms with Crippen LogP contribution >= 0.6 is 27.5 Å². The maximum Gasteiger partial charge on any atom is 0.251 e. The summed E-state index contributed by atoms with van der Waals surface area (Å²) >= 11 is 9.12. The maximum absolute atomic E-state index is 11.9. The lowest BCUT2D eigenvalue weighted by Gasteiger charge is -2.23. The van der Waals surface area contributed by atoms with Crippen LogP contribution in [0.2, 0.25) is 5.02 Å². The first-order valence-electron chi connectivity index (χ1n) is 5.80. The molecular formula is C13H17BrClNO3. The fourth-order valence-corrected chi connectivity index (χ4v) is 1.92. The van der Waals surface area contributed by atoms with Crippen LogP contribution in [0.5, 0.6) is 0 Å². The Bertz CT molecular complexity index is 452. The molecule has 1 rings (SSSR count). The first-order valence-corrected chi connectivity index (χ1v) is 6.97. The van der Waals surface area contributed by atoms with E-state index in [-0.39, 0.29) is 12.5 Å². The third-order valence-electron chi connectivity index (χ3n) is 2.66. The van der Waals surface area contributed by atoms with Crippen molar-refractivity contribution in [1.82, 2.24) is 5.32 Å². The molecule has 0 fully saturated rings. The van der Waals surface area contributed by atoms with E-state index in [9.17, 15) is 9.90 Å². The van der Waals surface area contributed by atoms with Crippen LogP contribution in [-0.2, 0) is 4.74 Å². The van der Waals surface area contributed by atoms with E-state index in [4.69, 9.17) is 16.3 Å². The smallest absolute Gasteiger partial charge is 0.251 e. The second-order valence-corrected chi connectivity index (χ2v) is 5.81. The number of hydrogen-bond acceptors (Lipinski definition) is 3. The van der Waals surface area contributed by atoms with Gasteiger partial charge in [0.2, 0.25) is 0 Å². The molecule has 0 aliphatic heterocycles. The summed E-state index contributed by atoms with van der Waals surface area (Å²) < 4.78 is 5.56. The highest BCUT2D eigenvalue weighted by atomic mass is 79.9. The van der Waals surface area contributed by atoms with Gasteiger partial charge in [-0.3, -0.25) is 4.79 Å². The number of amides is 1. The molecule has 0 aliphatic carbocycles. The zero-order valence-corrected chi connectivity index (χ0v) is 13.2. The molecule has 6 heteroatoms. The predicted molar refractivity (Wildman–Crippen MR) is 78.6 cm³/mol. The number of halogens is 2. The van der Waals surface area contributed by atoms with E-state index in [0.717, 1.165) is 0 Å². The molecule has 0 heterocycles. The summed E-state index contributed by atoms with van der Waals surface area (Å²) in [6.45, 7) is 2.26. The van der Waals surface area contributed by atoms with Gasteiger partial charge in [0.1, 0.15) is 0 Å². The van der Waals surface area contributed by atoms with Gasteiger partial charge >= 0.3 is 0 Å². The molecule has 1 aromatic rings. The van der Waals surface area contributed by atoms with Crippen molar-refractivity contribution in [2.75, 3.05) is 20.3 Å². The van der Waals surface area contributed by atoms with E-state index in [2.05, 4.69) is 21.2 Å². The number of hydrogen-bond donors (Lipinski definition) is 2. The minimum absolute atomic E-state index is 0.162. The number of carbonyl (C=O) groups is 1. The Morgan fingerprint density at radius 1 is 1.58 bits per heavy atom. The Morgan fingerprint density at radius 3 is 2.84 bits per heavy atom. The van der Waals surface area contributed by atoms with Crippen LogP contribution in [-0.4, -0.2) is 36.9 Å². The summed E-state index contributed by atoms with van der Waals surface area (Å²) in [5.74, 6) is -0.255. The van der Waals surface area contributed by atoms with E-state index in [1.165, 1.54) is 0 Å². The third-order valence-corrected chi connectivity index (χ3v) is 3.87. The van der Waals surface area contributed by atoms with E-state index < -0.39 is 5.60 Å². The van der Waals surface area contributed by atoms with Crippen molar-refractivity contribution in [2.24, 2.45) is 0 Å². The van der Waals surface area contributed by atoms with E-state index in [1.807, 2.05) is 0 Å². The quantitative estimate of drug-likeness (QED) is 0.829. The fourth-order valence-electron chi connectivity index (χ4n) is 1.42. The van der Waals surface area contributed by atoms with Gasteiger partial charge in [-0.25, -0.2) is 0 Å². The summed E-state index contributed by atoms with van der Waals surface area (Å²) in [4.78, 5) is 11.9. The highest BCUT2D eigenvalue weighted by Gasteiger charge is 2.21. The zero-order valence-electron chi connectivity index (χ0n) is 10.9. The molecule has 106 valence electrons. The number of benzene rings is 1. The molecule has 0 saturated heterocycles. The molecule has 0 saturated carbocycles. The second-order valence-electron chi connectivity index (χ2n) is 4.55. The monoisotopic (exact) mass is 349 g/mol. The van der Waals surface area contributed by atoms with Gasteiger partial charge in [0.05, 0.1) is 10.6 Å².